The van der Waals surface area contributed by atoms with Crippen molar-refractivity contribution in [3.05, 3.63) is 48.4 Å². The third-order valence-electron chi connectivity index (χ3n) is 3.06. The molecule has 0 fully saturated rings. The van der Waals surface area contributed by atoms with Gasteiger partial charge in [-0.1, -0.05) is 6.07 Å². The molecule has 0 unspecified atom stereocenters. The topological polar surface area (TPSA) is 63.5 Å². The first-order chi connectivity index (χ1) is 10.8. The zero-order valence-corrected chi connectivity index (χ0v) is 15.9. The second-order valence-corrected chi connectivity index (χ2v) is 4.71. The molecule has 0 saturated carbocycles. The number of nitrogens with one attached hydrogen (secondary N) is 2. The lowest BCUT2D eigenvalue weighted by Crippen LogP contribution is -2.38. The fourth-order valence-corrected chi connectivity index (χ4v) is 1.98. The molecule has 2 aromatic heterocycles. The zero-order valence-electron chi connectivity index (χ0n) is 13.5. The minimum Gasteiger partial charge on any atom is -0.481 e. The Morgan fingerprint density at radius 3 is 2.70 bits per heavy atom. The average molecular weight is 429 g/mol. The number of halogens is 1. The monoisotopic (exact) mass is 429 g/mol. The molecule has 23 heavy (non-hydrogen) atoms. The predicted molar refractivity (Wildman–Crippen MR) is 103 cm³/mol. The van der Waals surface area contributed by atoms with E-state index >= 15 is 0 Å². The summed E-state index contributed by atoms with van der Waals surface area (Å²) in [5.41, 5.74) is 0.877. The highest BCUT2D eigenvalue weighted by atomic mass is 127. The maximum Gasteiger partial charge on any atom is 0.213 e. The van der Waals surface area contributed by atoms with Gasteiger partial charge in [0, 0.05) is 38.1 Å². The lowest BCUT2D eigenvalue weighted by atomic mass is 10.3. The van der Waals surface area contributed by atoms with Gasteiger partial charge in [-0.2, -0.15) is 0 Å². The van der Waals surface area contributed by atoms with Crippen LogP contribution in [0.25, 0.3) is 0 Å². The molecule has 6 nitrogen and oxygen atoms in total. The molecule has 0 atom stereocenters. The van der Waals surface area contributed by atoms with Gasteiger partial charge in [0.15, 0.2) is 5.96 Å². The number of pyridine rings is 1. The van der Waals surface area contributed by atoms with Gasteiger partial charge in [0.25, 0.3) is 0 Å². The van der Waals surface area contributed by atoms with Crippen LogP contribution < -0.4 is 15.4 Å². The van der Waals surface area contributed by atoms with E-state index in [2.05, 4.69) is 25.2 Å². The van der Waals surface area contributed by atoms with Crippen LogP contribution in [-0.2, 0) is 13.1 Å². The van der Waals surface area contributed by atoms with Crippen LogP contribution in [0.3, 0.4) is 0 Å². The predicted octanol–water partition coefficient (Wildman–Crippen LogP) is 2.27. The normalized spacial score (nSPS) is 10.8. The minimum atomic E-state index is 0. The Morgan fingerprint density at radius 1 is 1.22 bits per heavy atom. The first kappa shape index (κ1) is 19.3. The lowest BCUT2D eigenvalue weighted by molar-refractivity contribution is 0.396. The van der Waals surface area contributed by atoms with E-state index in [1.54, 1.807) is 7.11 Å². The number of rotatable bonds is 7. The van der Waals surface area contributed by atoms with E-state index in [1.807, 2.05) is 49.6 Å². The van der Waals surface area contributed by atoms with Crippen LogP contribution in [0.5, 0.6) is 5.88 Å². The van der Waals surface area contributed by atoms with Crippen molar-refractivity contribution >= 4 is 29.9 Å². The Hall–Kier alpha value is -1.77. The fraction of sp³-hybridized carbons (Fsp3) is 0.375. The number of hydrogen-bond donors (Lipinski definition) is 2. The number of guanidine groups is 1. The van der Waals surface area contributed by atoms with E-state index in [0.29, 0.717) is 12.4 Å². The molecule has 2 aromatic rings. The van der Waals surface area contributed by atoms with E-state index in [1.165, 1.54) is 0 Å². The number of hydrogen-bond acceptors (Lipinski definition) is 3. The van der Waals surface area contributed by atoms with Crippen LogP contribution in [0.15, 0.2) is 47.7 Å². The zero-order chi connectivity index (χ0) is 15.6. The molecule has 2 rings (SSSR count). The average Bonchev–Trinajstić information content (AvgIpc) is 3.06. The van der Waals surface area contributed by atoms with Gasteiger partial charge in [-0.15, -0.1) is 24.0 Å². The number of nitrogens with zero attached hydrogens (tertiary/aromatic N) is 3. The highest BCUT2D eigenvalue weighted by molar-refractivity contribution is 14.0. The molecule has 0 radical (unpaired) electrons. The van der Waals surface area contributed by atoms with E-state index in [9.17, 15) is 0 Å². The molecule has 2 heterocycles. The Kier molecular flexibility index (Phi) is 9.11. The van der Waals surface area contributed by atoms with Gasteiger partial charge in [-0.25, -0.2) is 9.98 Å². The van der Waals surface area contributed by atoms with Crippen LogP contribution in [0.4, 0.5) is 0 Å². The second kappa shape index (κ2) is 10.9. The summed E-state index contributed by atoms with van der Waals surface area (Å²) in [6.07, 6.45) is 4.10. The van der Waals surface area contributed by atoms with Gasteiger partial charge < -0.3 is 19.9 Å². The summed E-state index contributed by atoms with van der Waals surface area (Å²) in [5.74, 6) is 1.40. The van der Waals surface area contributed by atoms with Gasteiger partial charge >= 0.3 is 0 Å². The van der Waals surface area contributed by atoms with Crippen molar-refractivity contribution in [2.75, 3.05) is 20.2 Å². The molecule has 0 amide bonds. The molecule has 7 heteroatoms. The Labute approximate surface area is 154 Å². The SMILES string of the molecule is CCNC(=NCc1cccc(OC)n1)NCCn1cccc1.I. The van der Waals surface area contributed by atoms with Gasteiger partial charge in [0.05, 0.1) is 19.3 Å². The largest absolute Gasteiger partial charge is 0.481 e. The second-order valence-electron chi connectivity index (χ2n) is 4.71. The third kappa shape index (κ3) is 6.89. The number of methoxy groups -OCH3 is 1. The molecule has 2 N–H and O–H groups in total. The Bertz CT molecular complexity index is 586. The molecule has 0 aliphatic carbocycles. The van der Waals surface area contributed by atoms with Crippen molar-refractivity contribution in [1.82, 2.24) is 20.2 Å². The molecule has 0 saturated heterocycles. The van der Waals surface area contributed by atoms with E-state index in [0.717, 1.165) is 31.3 Å². The first-order valence-electron chi connectivity index (χ1n) is 7.44. The van der Waals surface area contributed by atoms with Gasteiger partial charge in [0.2, 0.25) is 5.88 Å². The van der Waals surface area contributed by atoms with Crippen LogP contribution in [0, 0.1) is 0 Å². The maximum atomic E-state index is 5.12. The summed E-state index contributed by atoms with van der Waals surface area (Å²) in [5, 5.41) is 6.55. The summed E-state index contributed by atoms with van der Waals surface area (Å²) in [6, 6.07) is 9.73. The van der Waals surface area contributed by atoms with E-state index in [4.69, 9.17) is 4.74 Å². The first-order valence-corrected chi connectivity index (χ1v) is 7.44. The minimum absolute atomic E-state index is 0. The number of aromatic nitrogens is 2. The van der Waals surface area contributed by atoms with Gasteiger partial charge in [0.1, 0.15) is 0 Å². The summed E-state index contributed by atoms with van der Waals surface area (Å²) >= 11 is 0. The highest BCUT2D eigenvalue weighted by Gasteiger charge is 2.00. The van der Waals surface area contributed by atoms with Gasteiger partial charge in [-0.3, -0.25) is 0 Å². The van der Waals surface area contributed by atoms with Gasteiger partial charge in [-0.05, 0) is 25.1 Å². The quantitative estimate of drug-likeness (QED) is 0.403. The maximum absolute atomic E-state index is 5.12. The van der Waals surface area contributed by atoms with Crippen LogP contribution in [-0.4, -0.2) is 35.7 Å². The Morgan fingerprint density at radius 2 is 2.00 bits per heavy atom. The molecule has 126 valence electrons. The van der Waals surface area contributed by atoms with Crippen molar-refractivity contribution < 1.29 is 4.74 Å². The smallest absolute Gasteiger partial charge is 0.213 e. The molecular formula is C16H24IN5O. The fourth-order valence-electron chi connectivity index (χ4n) is 1.98. The Balaban J connectivity index is 0.00000264. The lowest BCUT2D eigenvalue weighted by Gasteiger charge is -2.11. The van der Waals surface area contributed by atoms with Crippen LogP contribution in [0.1, 0.15) is 12.6 Å². The van der Waals surface area contributed by atoms with Crippen molar-refractivity contribution in [3.63, 3.8) is 0 Å². The molecular weight excluding hydrogens is 405 g/mol. The van der Waals surface area contributed by atoms with Crippen molar-refractivity contribution in [2.24, 2.45) is 4.99 Å². The molecule has 0 aromatic carbocycles. The molecule has 0 spiro atoms. The van der Waals surface area contributed by atoms with E-state index in [-0.39, 0.29) is 24.0 Å². The van der Waals surface area contributed by atoms with Crippen molar-refractivity contribution in [1.29, 1.82) is 0 Å². The summed E-state index contributed by atoms with van der Waals surface area (Å²) in [6.45, 7) is 5.09. The highest BCUT2D eigenvalue weighted by Crippen LogP contribution is 2.07. The van der Waals surface area contributed by atoms with Crippen LogP contribution >= 0.6 is 24.0 Å². The molecule has 0 aliphatic heterocycles. The summed E-state index contributed by atoms with van der Waals surface area (Å²) in [4.78, 5) is 8.90. The summed E-state index contributed by atoms with van der Waals surface area (Å²) in [7, 11) is 1.61. The summed E-state index contributed by atoms with van der Waals surface area (Å²) < 4.78 is 7.25. The third-order valence-corrected chi connectivity index (χ3v) is 3.06. The van der Waals surface area contributed by atoms with E-state index < -0.39 is 0 Å². The number of ether oxygens (including phenoxy) is 1. The van der Waals surface area contributed by atoms with Crippen molar-refractivity contribution in [3.8, 4) is 5.88 Å². The number of aliphatic imine (C=N–C) groups is 1. The standard InChI is InChI=1S/C16H23N5O.HI/c1-3-17-16(18-9-12-21-10-4-5-11-21)19-13-14-7-6-8-15(20-14)22-2;/h4-8,10-11H,3,9,12-13H2,1-2H3,(H2,17,18,19);1H. The molecule has 0 aliphatic rings. The van der Waals surface area contributed by atoms with Crippen LogP contribution in [0.2, 0.25) is 0 Å². The van der Waals surface area contributed by atoms with Crippen molar-refractivity contribution in [2.45, 2.75) is 20.0 Å². The molecule has 0 bridgehead atoms.